The molecular formula is C14H15BrN4O2. The number of aryl methyl sites for hydroxylation is 1. The van der Waals surface area contributed by atoms with Gasteiger partial charge in [-0.05, 0) is 42.8 Å². The summed E-state index contributed by atoms with van der Waals surface area (Å²) in [5, 5.41) is 14.3. The van der Waals surface area contributed by atoms with E-state index in [-0.39, 0.29) is 0 Å². The number of nitrogens with zero attached hydrogens (tertiary/aromatic N) is 4. The minimum Gasteiger partial charge on any atom is -0.459 e. The largest absolute Gasteiger partial charge is 0.459 e. The Bertz CT molecular complexity index is 740. The number of ether oxygens (including phenoxy) is 1. The molecule has 2 rings (SSSR count). The first kappa shape index (κ1) is 15.4. The van der Waals surface area contributed by atoms with E-state index in [1.807, 2.05) is 6.07 Å². The second-order valence-electron chi connectivity index (χ2n) is 5.63. The predicted octanol–water partition coefficient (Wildman–Crippen LogP) is 2.68. The Labute approximate surface area is 130 Å². The van der Waals surface area contributed by atoms with E-state index in [9.17, 15) is 10.1 Å². The molecule has 0 amide bonds. The normalized spacial score (nSPS) is 13.0. The molecule has 0 radical (unpaired) electrons. The molecule has 0 fully saturated rings. The standard InChI is InChI=1S/C14H15BrN4O2/c1-14(2,3)21-13(20)10(6-16)11-9-5-8(15)7-17-12(9)19(4)18-11/h5,7,10H,1-4H3. The SMILES string of the molecule is Cn1nc(C(C#N)C(=O)OC(C)(C)C)c2cc(Br)cnc21. The Morgan fingerprint density at radius 3 is 2.76 bits per heavy atom. The number of pyridine rings is 1. The average molecular weight is 351 g/mol. The van der Waals surface area contributed by atoms with E-state index in [1.165, 1.54) is 0 Å². The van der Waals surface area contributed by atoms with E-state index in [2.05, 4.69) is 26.0 Å². The molecule has 0 aromatic carbocycles. The summed E-state index contributed by atoms with van der Waals surface area (Å²) in [5.74, 6) is -1.69. The number of fused-ring (bicyclic) bond motifs is 1. The zero-order chi connectivity index (χ0) is 15.8. The molecule has 110 valence electrons. The van der Waals surface area contributed by atoms with Crippen LogP contribution in [0.15, 0.2) is 16.7 Å². The monoisotopic (exact) mass is 350 g/mol. The summed E-state index contributed by atoms with van der Waals surface area (Å²) in [6, 6.07) is 3.76. The van der Waals surface area contributed by atoms with E-state index in [1.54, 1.807) is 44.8 Å². The highest BCUT2D eigenvalue weighted by Crippen LogP contribution is 2.27. The fourth-order valence-electron chi connectivity index (χ4n) is 1.94. The Hall–Kier alpha value is -1.94. The van der Waals surface area contributed by atoms with Crippen molar-refractivity contribution in [1.82, 2.24) is 14.8 Å². The van der Waals surface area contributed by atoms with E-state index in [0.29, 0.717) is 16.7 Å². The minimum absolute atomic E-state index is 0.359. The molecule has 6 nitrogen and oxygen atoms in total. The average Bonchev–Trinajstić information content (AvgIpc) is 2.65. The molecule has 0 bridgehead atoms. The van der Waals surface area contributed by atoms with Gasteiger partial charge in [0, 0.05) is 23.1 Å². The van der Waals surface area contributed by atoms with Crippen LogP contribution in [0.3, 0.4) is 0 Å². The van der Waals surface area contributed by atoms with Crippen molar-refractivity contribution in [2.45, 2.75) is 32.3 Å². The zero-order valence-corrected chi connectivity index (χ0v) is 13.8. The van der Waals surface area contributed by atoms with Crippen LogP contribution >= 0.6 is 15.9 Å². The fourth-order valence-corrected chi connectivity index (χ4v) is 2.27. The lowest BCUT2D eigenvalue weighted by molar-refractivity contribution is -0.155. The topological polar surface area (TPSA) is 80.8 Å². The second kappa shape index (κ2) is 5.45. The quantitative estimate of drug-likeness (QED) is 0.777. The van der Waals surface area contributed by atoms with Crippen molar-refractivity contribution in [3.63, 3.8) is 0 Å². The number of rotatable bonds is 2. The van der Waals surface area contributed by atoms with Gasteiger partial charge in [-0.15, -0.1) is 0 Å². The number of aromatic nitrogens is 3. The van der Waals surface area contributed by atoms with E-state index < -0.39 is 17.5 Å². The third-order valence-electron chi connectivity index (χ3n) is 2.72. The van der Waals surface area contributed by atoms with Gasteiger partial charge in [0.2, 0.25) is 0 Å². The van der Waals surface area contributed by atoms with Crippen LogP contribution in [0.5, 0.6) is 0 Å². The molecule has 7 heteroatoms. The van der Waals surface area contributed by atoms with Crippen molar-refractivity contribution in [1.29, 1.82) is 5.26 Å². The highest BCUT2D eigenvalue weighted by molar-refractivity contribution is 9.10. The maximum atomic E-state index is 12.2. The fraction of sp³-hybridized carbons (Fsp3) is 0.429. The summed E-state index contributed by atoms with van der Waals surface area (Å²) in [5.41, 5.74) is 0.311. The van der Waals surface area contributed by atoms with Gasteiger partial charge < -0.3 is 4.74 Å². The lowest BCUT2D eigenvalue weighted by atomic mass is 10.0. The Morgan fingerprint density at radius 1 is 1.52 bits per heavy atom. The molecule has 0 saturated heterocycles. The molecule has 0 aliphatic carbocycles. The number of esters is 1. The zero-order valence-electron chi connectivity index (χ0n) is 12.2. The summed E-state index contributed by atoms with van der Waals surface area (Å²) in [6.45, 7) is 5.27. The molecule has 0 N–H and O–H groups in total. The summed E-state index contributed by atoms with van der Waals surface area (Å²) in [6.07, 6.45) is 1.64. The van der Waals surface area contributed by atoms with E-state index >= 15 is 0 Å². The number of nitriles is 1. The van der Waals surface area contributed by atoms with Crippen molar-refractivity contribution < 1.29 is 9.53 Å². The van der Waals surface area contributed by atoms with Gasteiger partial charge in [-0.3, -0.25) is 9.48 Å². The van der Waals surface area contributed by atoms with Gasteiger partial charge >= 0.3 is 5.97 Å². The van der Waals surface area contributed by atoms with Crippen LogP contribution in [0.2, 0.25) is 0 Å². The lowest BCUT2D eigenvalue weighted by Crippen LogP contribution is -2.27. The van der Waals surface area contributed by atoms with Gasteiger partial charge in [-0.2, -0.15) is 10.4 Å². The van der Waals surface area contributed by atoms with Crippen molar-refractivity contribution in [2.24, 2.45) is 7.05 Å². The maximum absolute atomic E-state index is 12.2. The molecule has 0 aliphatic heterocycles. The number of hydrogen-bond acceptors (Lipinski definition) is 5. The summed E-state index contributed by atoms with van der Waals surface area (Å²) >= 11 is 3.33. The molecule has 21 heavy (non-hydrogen) atoms. The Kier molecular flexibility index (Phi) is 4.01. The van der Waals surface area contributed by atoms with Crippen molar-refractivity contribution in [3.05, 3.63) is 22.4 Å². The molecule has 0 aliphatic rings. The van der Waals surface area contributed by atoms with Crippen molar-refractivity contribution >= 4 is 32.9 Å². The van der Waals surface area contributed by atoms with Crippen LogP contribution in [-0.4, -0.2) is 26.3 Å². The molecule has 0 spiro atoms. The third kappa shape index (κ3) is 3.22. The molecule has 1 atom stereocenters. The van der Waals surface area contributed by atoms with Crippen LogP contribution < -0.4 is 0 Å². The molecule has 0 saturated carbocycles. The predicted molar refractivity (Wildman–Crippen MR) is 80.4 cm³/mol. The Balaban J connectivity index is 2.51. The smallest absolute Gasteiger partial charge is 0.330 e. The first-order valence-electron chi connectivity index (χ1n) is 6.33. The van der Waals surface area contributed by atoms with Crippen LogP contribution in [-0.2, 0) is 16.6 Å². The van der Waals surface area contributed by atoms with Gasteiger partial charge in [0.05, 0.1) is 6.07 Å². The van der Waals surface area contributed by atoms with E-state index in [0.717, 1.165) is 4.47 Å². The molecule has 2 aromatic rings. The molecular weight excluding hydrogens is 336 g/mol. The van der Waals surface area contributed by atoms with Crippen molar-refractivity contribution in [3.8, 4) is 6.07 Å². The van der Waals surface area contributed by atoms with Crippen LogP contribution in [0.25, 0.3) is 11.0 Å². The van der Waals surface area contributed by atoms with Crippen LogP contribution in [0.4, 0.5) is 0 Å². The van der Waals surface area contributed by atoms with Gasteiger partial charge in [0.1, 0.15) is 11.3 Å². The number of hydrogen-bond donors (Lipinski definition) is 0. The summed E-state index contributed by atoms with van der Waals surface area (Å²) in [7, 11) is 1.72. The lowest BCUT2D eigenvalue weighted by Gasteiger charge is -2.20. The first-order chi connectivity index (χ1) is 9.73. The summed E-state index contributed by atoms with van der Waals surface area (Å²) < 4.78 is 7.59. The third-order valence-corrected chi connectivity index (χ3v) is 3.15. The number of carbonyl (C=O) groups is 1. The molecule has 2 aromatic heterocycles. The highest BCUT2D eigenvalue weighted by atomic mass is 79.9. The number of carbonyl (C=O) groups excluding carboxylic acids is 1. The van der Waals surface area contributed by atoms with Gasteiger partial charge in [-0.1, -0.05) is 0 Å². The first-order valence-corrected chi connectivity index (χ1v) is 7.13. The molecule has 2 heterocycles. The van der Waals surface area contributed by atoms with Crippen LogP contribution in [0, 0.1) is 11.3 Å². The van der Waals surface area contributed by atoms with Gasteiger partial charge in [-0.25, -0.2) is 4.98 Å². The maximum Gasteiger partial charge on any atom is 0.330 e. The number of halogens is 1. The van der Waals surface area contributed by atoms with Crippen molar-refractivity contribution in [2.75, 3.05) is 0 Å². The minimum atomic E-state index is -1.08. The second-order valence-corrected chi connectivity index (χ2v) is 6.54. The highest BCUT2D eigenvalue weighted by Gasteiger charge is 2.30. The van der Waals surface area contributed by atoms with Gasteiger partial charge in [0.25, 0.3) is 0 Å². The van der Waals surface area contributed by atoms with Gasteiger partial charge in [0.15, 0.2) is 11.6 Å². The molecule has 1 unspecified atom stereocenters. The summed E-state index contributed by atoms with van der Waals surface area (Å²) in [4.78, 5) is 16.4. The van der Waals surface area contributed by atoms with Crippen LogP contribution in [0.1, 0.15) is 32.4 Å². The Morgan fingerprint density at radius 2 is 2.19 bits per heavy atom. The van der Waals surface area contributed by atoms with E-state index in [4.69, 9.17) is 4.74 Å².